The van der Waals surface area contributed by atoms with Crippen LogP contribution in [-0.4, -0.2) is 4.57 Å². The lowest BCUT2D eigenvalue weighted by molar-refractivity contribution is 0.670. The highest BCUT2D eigenvalue weighted by atomic mass is 16.3. The zero-order valence-corrected chi connectivity index (χ0v) is 35.3. The fourth-order valence-corrected chi connectivity index (χ4v) is 9.79. The molecule has 0 atom stereocenters. The first-order valence-corrected chi connectivity index (χ1v) is 21.9. The van der Waals surface area contributed by atoms with E-state index < -0.39 is 0 Å². The van der Waals surface area contributed by atoms with E-state index in [1.807, 2.05) is 0 Å². The number of fused-ring (bicyclic) bond motifs is 6. The predicted octanol–water partition coefficient (Wildman–Crippen LogP) is 17.1. The molecule has 0 fully saturated rings. The third-order valence-electron chi connectivity index (χ3n) is 12.7. The molecule has 0 aliphatic carbocycles. The Morgan fingerprint density at radius 3 is 1.55 bits per heavy atom. The number of hydrogen-bond acceptors (Lipinski definition) is 2. The quantitative estimate of drug-likeness (QED) is 0.152. The van der Waals surface area contributed by atoms with Gasteiger partial charge in [0, 0.05) is 38.8 Å². The van der Waals surface area contributed by atoms with Crippen molar-refractivity contribution in [3.05, 3.63) is 242 Å². The first-order chi connectivity index (χ1) is 31.7. The number of nitrogens with zero attached hydrogens (tertiary/aromatic N) is 2. The Balaban J connectivity index is 1.09. The topological polar surface area (TPSA) is 21.3 Å². The fourth-order valence-electron chi connectivity index (χ4n) is 9.79. The highest BCUT2D eigenvalue weighted by Gasteiger charge is 2.24. The van der Waals surface area contributed by atoms with Gasteiger partial charge < -0.3 is 13.9 Å². The lowest BCUT2D eigenvalue weighted by Gasteiger charge is -2.28. The molecule has 12 aromatic rings. The minimum absolute atomic E-state index is 0.852. The van der Waals surface area contributed by atoms with Crippen LogP contribution in [0.2, 0.25) is 0 Å². The molecule has 0 saturated heterocycles. The van der Waals surface area contributed by atoms with Gasteiger partial charge in [-0.15, -0.1) is 0 Å². The summed E-state index contributed by atoms with van der Waals surface area (Å²) in [5.41, 5.74) is 18.8. The number of furan rings is 1. The molecule has 2 aromatic heterocycles. The minimum Gasteiger partial charge on any atom is -0.455 e. The van der Waals surface area contributed by atoms with Crippen molar-refractivity contribution in [2.75, 3.05) is 4.90 Å². The molecular formula is C61H42N2O. The van der Waals surface area contributed by atoms with E-state index >= 15 is 0 Å². The normalized spacial score (nSPS) is 11.5. The number of rotatable bonds is 8. The van der Waals surface area contributed by atoms with Crippen molar-refractivity contribution < 1.29 is 4.42 Å². The van der Waals surface area contributed by atoms with E-state index in [1.165, 1.54) is 55.2 Å². The summed E-state index contributed by atoms with van der Waals surface area (Å²) in [6.07, 6.45) is 0. The van der Waals surface area contributed by atoms with Crippen LogP contribution in [0.3, 0.4) is 0 Å². The first kappa shape index (κ1) is 37.4. The number of aromatic nitrogens is 1. The van der Waals surface area contributed by atoms with Crippen molar-refractivity contribution in [3.8, 4) is 50.2 Å². The Labute approximate surface area is 372 Å². The molecule has 0 bridgehead atoms. The summed E-state index contributed by atoms with van der Waals surface area (Å²) in [5, 5.41) is 4.62. The van der Waals surface area contributed by atoms with Crippen LogP contribution in [0, 0.1) is 6.92 Å². The fraction of sp³-hybridized carbons (Fsp3) is 0.0164. The number of para-hydroxylation sites is 3. The van der Waals surface area contributed by atoms with Crippen molar-refractivity contribution >= 4 is 60.8 Å². The van der Waals surface area contributed by atoms with E-state index in [-0.39, 0.29) is 0 Å². The van der Waals surface area contributed by atoms with Crippen LogP contribution in [0.25, 0.3) is 93.9 Å². The van der Waals surface area contributed by atoms with Gasteiger partial charge in [-0.3, -0.25) is 0 Å². The van der Waals surface area contributed by atoms with Crippen molar-refractivity contribution in [2.24, 2.45) is 0 Å². The Morgan fingerprint density at radius 1 is 0.375 bits per heavy atom. The molecule has 3 nitrogen and oxygen atoms in total. The SMILES string of the molecule is Cc1cc(N(c2ccc(-c3ccccc3)c(-c3ccccc3)c2)c2ccc(-c3cccc(-n4c5ccccc5c5ccccc54)c3)c3oc4ccccc4c23)ccc1-c1ccccc1. The molecule has 12 rings (SSSR count). The molecule has 2 heterocycles. The molecule has 0 aliphatic heterocycles. The Bertz CT molecular complexity index is 3620. The molecule has 0 aliphatic rings. The molecule has 64 heavy (non-hydrogen) atoms. The smallest absolute Gasteiger partial charge is 0.145 e. The van der Waals surface area contributed by atoms with Crippen LogP contribution in [-0.2, 0) is 0 Å². The second-order valence-corrected chi connectivity index (χ2v) is 16.5. The predicted molar refractivity (Wildman–Crippen MR) is 269 cm³/mol. The summed E-state index contributed by atoms with van der Waals surface area (Å²) < 4.78 is 9.39. The van der Waals surface area contributed by atoms with Gasteiger partial charge in [-0.25, -0.2) is 0 Å². The van der Waals surface area contributed by atoms with Gasteiger partial charge >= 0.3 is 0 Å². The molecule has 0 unspecified atom stereocenters. The van der Waals surface area contributed by atoms with Gasteiger partial charge in [0.25, 0.3) is 0 Å². The monoisotopic (exact) mass is 818 g/mol. The van der Waals surface area contributed by atoms with Gasteiger partial charge in [-0.05, 0) is 118 Å². The van der Waals surface area contributed by atoms with Crippen molar-refractivity contribution in [3.63, 3.8) is 0 Å². The van der Waals surface area contributed by atoms with Crippen LogP contribution in [0.1, 0.15) is 5.56 Å². The molecule has 0 N–H and O–H groups in total. The maximum Gasteiger partial charge on any atom is 0.145 e. The highest BCUT2D eigenvalue weighted by molar-refractivity contribution is 6.17. The van der Waals surface area contributed by atoms with E-state index in [2.05, 4.69) is 253 Å². The second kappa shape index (κ2) is 15.5. The van der Waals surface area contributed by atoms with Crippen molar-refractivity contribution in [2.45, 2.75) is 6.92 Å². The van der Waals surface area contributed by atoms with Gasteiger partial charge in [0.1, 0.15) is 11.2 Å². The Morgan fingerprint density at radius 2 is 0.891 bits per heavy atom. The molecule has 0 radical (unpaired) electrons. The summed E-state index contributed by atoms with van der Waals surface area (Å²) in [4.78, 5) is 2.42. The molecule has 302 valence electrons. The number of hydrogen-bond donors (Lipinski definition) is 0. The van der Waals surface area contributed by atoms with E-state index in [1.54, 1.807) is 0 Å². The zero-order chi connectivity index (χ0) is 42.6. The number of anilines is 3. The third-order valence-corrected chi connectivity index (χ3v) is 12.7. The Kier molecular flexibility index (Phi) is 9.05. The maximum absolute atomic E-state index is 7.01. The summed E-state index contributed by atoms with van der Waals surface area (Å²) in [6.45, 7) is 2.22. The van der Waals surface area contributed by atoms with Crippen LogP contribution in [0.15, 0.2) is 241 Å². The second-order valence-electron chi connectivity index (χ2n) is 16.5. The zero-order valence-electron chi connectivity index (χ0n) is 35.3. The summed E-state index contributed by atoms with van der Waals surface area (Å²) in [5.74, 6) is 0. The molecule has 0 spiro atoms. The van der Waals surface area contributed by atoms with Crippen LogP contribution in [0.4, 0.5) is 17.1 Å². The molecule has 3 heteroatoms. The highest BCUT2D eigenvalue weighted by Crippen LogP contribution is 2.48. The standard InChI is InChI=1S/C61H42N2O/c1-41-38-47(32-34-49(41)42-18-5-2-6-19-42)62(48-33-35-50(43-20-7-3-8-21-43)55(40-48)44-22-9-4-10-23-44)58-37-36-51(61-60(58)54-28-13-16-31-59(54)64-61)45-24-17-25-46(39-45)63-56-29-14-11-26-52(56)53-27-12-15-30-57(53)63/h2-40H,1H3. The van der Waals surface area contributed by atoms with Crippen LogP contribution in [0.5, 0.6) is 0 Å². The van der Waals surface area contributed by atoms with Gasteiger partial charge in [0.2, 0.25) is 0 Å². The average Bonchev–Trinajstić information content (AvgIpc) is 3.92. The summed E-state index contributed by atoms with van der Waals surface area (Å²) in [7, 11) is 0. The average molecular weight is 819 g/mol. The third kappa shape index (κ3) is 6.29. The molecule has 0 saturated carbocycles. The van der Waals surface area contributed by atoms with E-state index in [0.717, 1.165) is 61.4 Å². The summed E-state index contributed by atoms with van der Waals surface area (Å²) in [6, 6.07) is 85.1. The molecule has 0 amide bonds. The van der Waals surface area contributed by atoms with Gasteiger partial charge in [-0.2, -0.15) is 0 Å². The number of benzene rings is 10. The lowest BCUT2D eigenvalue weighted by atomic mass is 9.93. The largest absolute Gasteiger partial charge is 0.455 e. The van der Waals surface area contributed by atoms with E-state index in [9.17, 15) is 0 Å². The minimum atomic E-state index is 0.852. The van der Waals surface area contributed by atoms with Crippen LogP contribution >= 0.6 is 0 Å². The van der Waals surface area contributed by atoms with Gasteiger partial charge in [0.15, 0.2) is 0 Å². The number of aryl methyl sites for hydroxylation is 1. The first-order valence-electron chi connectivity index (χ1n) is 21.9. The Hall–Kier alpha value is -8.40. The lowest BCUT2D eigenvalue weighted by Crippen LogP contribution is -2.11. The summed E-state index contributed by atoms with van der Waals surface area (Å²) >= 11 is 0. The van der Waals surface area contributed by atoms with Gasteiger partial charge in [0.05, 0.1) is 22.1 Å². The molecular weight excluding hydrogens is 777 g/mol. The van der Waals surface area contributed by atoms with E-state index in [4.69, 9.17) is 4.42 Å². The van der Waals surface area contributed by atoms with Crippen molar-refractivity contribution in [1.82, 2.24) is 4.57 Å². The van der Waals surface area contributed by atoms with Crippen molar-refractivity contribution in [1.29, 1.82) is 0 Å². The van der Waals surface area contributed by atoms with Gasteiger partial charge in [-0.1, -0.05) is 170 Å². The van der Waals surface area contributed by atoms with E-state index in [0.29, 0.717) is 0 Å². The maximum atomic E-state index is 7.01. The molecule has 10 aromatic carbocycles. The van der Waals surface area contributed by atoms with Crippen LogP contribution < -0.4 is 4.90 Å².